The molecule has 99 valence electrons. The normalized spacial score (nSPS) is 8.63. The van der Waals surface area contributed by atoms with Crippen molar-refractivity contribution in [2.75, 3.05) is 0 Å². The highest BCUT2D eigenvalue weighted by Gasteiger charge is 2.04. The zero-order valence-corrected chi connectivity index (χ0v) is 10.5. The lowest BCUT2D eigenvalue weighted by Gasteiger charge is -2.04. The van der Waals surface area contributed by atoms with Crippen molar-refractivity contribution in [3.8, 4) is 0 Å². The number of hydrogen-bond acceptors (Lipinski definition) is 1. The molecule has 5 N–H and O–H groups in total. The van der Waals surface area contributed by atoms with Gasteiger partial charge in [0.1, 0.15) is 0 Å². The van der Waals surface area contributed by atoms with Gasteiger partial charge in [-0.05, 0) is 5.56 Å². The van der Waals surface area contributed by atoms with Gasteiger partial charge >= 0.3 is 0 Å². The maximum absolute atomic E-state index is 11.6. The van der Waals surface area contributed by atoms with E-state index >= 15 is 0 Å². The van der Waals surface area contributed by atoms with Crippen molar-refractivity contribution in [1.29, 1.82) is 0 Å². The van der Waals surface area contributed by atoms with Crippen molar-refractivity contribution in [3.63, 3.8) is 0 Å². The average molecular weight is 258 g/mol. The van der Waals surface area contributed by atoms with Gasteiger partial charge in [-0.25, -0.2) is 0 Å². The van der Waals surface area contributed by atoms with Gasteiger partial charge in [0.15, 0.2) is 5.81 Å². The number of benzene rings is 2. The van der Waals surface area contributed by atoms with Crippen molar-refractivity contribution < 1.29 is 15.7 Å². The second kappa shape index (κ2) is 8.91. The van der Waals surface area contributed by atoms with Crippen LogP contribution < -0.4 is 10.8 Å². The molecule has 0 bridgehead atoms. The lowest BCUT2D eigenvalue weighted by molar-refractivity contribution is 0.259. The molecule has 0 aliphatic carbocycles. The molecule has 0 aromatic heterocycles. The summed E-state index contributed by atoms with van der Waals surface area (Å²) in [5.74, 6) is -0.0694. The Morgan fingerprint density at radius 3 is 2.00 bits per heavy atom. The van der Waals surface area contributed by atoms with Gasteiger partial charge in [0, 0.05) is 6.54 Å². The van der Waals surface area contributed by atoms with E-state index in [0.717, 1.165) is 11.0 Å². The number of hydrogen-bond donors (Lipinski definition) is 1. The van der Waals surface area contributed by atoms with Crippen LogP contribution in [0.3, 0.4) is 0 Å². The molecule has 0 unspecified atom stereocenters. The summed E-state index contributed by atoms with van der Waals surface area (Å²) >= 11 is 0. The summed E-state index contributed by atoms with van der Waals surface area (Å²) in [5, 5.41) is 2.85. The van der Waals surface area contributed by atoms with E-state index < -0.39 is 0 Å². The largest absolute Gasteiger partial charge is 0.412 e. The molecular weight excluding hydrogens is 241 g/mol. The Balaban J connectivity index is 0.00000162. The molecule has 1 radical (unpaired) electrons. The summed E-state index contributed by atoms with van der Waals surface area (Å²) in [5.41, 5.74) is 2.01. The van der Waals surface area contributed by atoms with Gasteiger partial charge < -0.3 is 16.3 Å². The van der Waals surface area contributed by atoms with Crippen LogP contribution >= 0.6 is 0 Å². The predicted molar refractivity (Wildman–Crippen MR) is 77.7 cm³/mol. The summed E-state index contributed by atoms with van der Waals surface area (Å²) in [4.78, 5) is 11.6. The van der Waals surface area contributed by atoms with Crippen LogP contribution in [0.25, 0.3) is 0 Å². The zero-order valence-electron chi connectivity index (χ0n) is 10.5. The number of amides is 1. The molecule has 1 amide bonds. The van der Waals surface area contributed by atoms with Gasteiger partial charge in [-0.3, -0.25) is 4.79 Å². The summed E-state index contributed by atoms with van der Waals surface area (Å²) in [7, 11) is 1.60. The average Bonchev–Trinajstić information content (AvgIpc) is 2.39. The Morgan fingerprint density at radius 1 is 0.895 bits per heavy atom. The molecule has 0 aliphatic heterocycles. The first-order valence-corrected chi connectivity index (χ1v) is 5.56. The molecule has 0 saturated heterocycles. The molecule has 0 aliphatic rings. The van der Waals surface area contributed by atoms with Crippen LogP contribution in [0.5, 0.6) is 0 Å². The number of carbonyl (C=O) groups is 1. The molecule has 4 nitrogen and oxygen atoms in total. The van der Waals surface area contributed by atoms with Crippen molar-refractivity contribution in [3.05, 3.63) is 66.2 Å². The Labute approximate surface area is 113 Å². The minimum Gasteiger partial charge on any atom is -0.412 e. The molecule has 2 aromatic rings. The van der Waals surface area contributed by atoms with E-state index in [4.69, 9.17) is 0 Å². The van der Waals surface area contributed by atoms with Gasteiger partial charge in [0.05, 0.1) is 0 Å². The van der Waals surface area contributed by atoms with Crippen LogP contribution in [0, 0.1) is 0 Å². The van der Waals surface area contributed by atoms with E-state index in [1.807, 2.05) is 60.7 Å². The summed E-state index contributed by atoms with van der Waals surface area (Å²) in [6, 6.07) is 19.4. The Morgan fingerprint density at radius 2 is 1.42 bits per heavy atom. The topological polar surface area (TPSA) is 92.1 Å². The third kappa shape index (κ3) is 5.85. The lowest BCUT2D eigenvalue weighted by Crippen LogP contribution is -2.33. The van der Waals surface area contributed by atoms with E-state index in [1.54, 1.807) is 7.28 Å². The molecule has 0 saturated carbocycles. The minimum absolute atomic E-state index is 0. The molecule has 0 spiro atoms. The minimum atomic E-state index is -0.0694. The van der Waals surface area contributed by atoms with E-state index in [-0.39, 0.29) is 16.8 Å². The van der Waals surface area contributed by atoms with Crippen molar-refractivity contribution in [2.45, 2.75) is 6.54 Å². The van der Waals surface area contributed by atoms with Crippen LogP contribution in [0.1, 0.15) is 5.56 Å². The molecule has 5 heteroatoms. The fraction of sp³-hybridized carbons (Fsp3) is 0.0714. The van der Waals surface area contributed by atoms with Gasteiger partial charge in [0.25, 0.3) is 7.28 Å². The third-order valence-electron chi connectivity index (χ3n) is 2.41. The molecule has 2 aromatic carbocycles. The standard InChI is InChI=1S/C14H13BNO.2H2O/c17-14(15-13-9-5-2-6-10-13)16-11-12-7-3-1-4-8-12;;/h1-10H,11H2,(H,16,17);2*1H2. The fourth-order valence-corrected chi connectivity index (χ4v) is 1.54. The summed E-state index contributed by atoms with van der Waals surface area (Å²) in [6.07, 6.45) is 0. The molecular formula is C14H17BNO3. The van der Waals surface area contributed by atoms with Crippen LogP contribution in [0.15, 0.2) is 60.7 Å². The zero-order chi connectivity index (χ0) is 11.9. The Kier molecular flexibility index (Phi) is 7.92. The van der Waals surface area contributed by atoms with Gasteiger partial charge in [-0.15, -0.1) is 0 Å². The third-order valence-corrected chi connectivity index (χ3v) is 2.41. The van der Waals surface area contributed by atoms with Crippen LogP contribution in [0.2, 0.25) is 0 Å². The first kappa shape index (κ1) is 16.9. The predicted octanol–water partition coefficient (Wildman–Crippen LogP) is 0.276. The number of nitrogens with one attached hydrogen (secondary N) is 1. The SMILES string of the molecule is O.O.O=C([B]c1ccccc1)NCc1ccccc1. The van der Waals surface area contributed by atoms with Crippen molar-refractivity contribution in [1.82, 2.24) is 5.32 Å². The Bertz CT molecular complexity index is 477. The first-order chi connectivity index (χ1) is 8.34. The molecule has 0 fully saturated rings. The van der Waals surface area contributed by atoms with Gasteiger partial charge in [0.2, 0.25) is 0 Å². The maximum atomic E-state index is 11.6. The number of rotatable bonds is 4. The van der Waals surface area contributed by atoms with Crippen LogP contribution in [-0.2, 0) is 6.54 Å². The van der Waals surface area contributed by atoms with Gasteiger partial charge in [-0.1, -0.05) is 66.1 Å². The monoisotopic (exact) mass is 258 g/mol. The van der Waals surface area contributed by atoms with E-state index in [2.05, 4.69) is 5.32 Å². The van der Waals surface area contributed by atoms with Crippen molar-refractivity contribution in [2.24, 2.45) is 0 Å². The Hall–Kier alpha value is -2.11. The van der Waals surface area contributed by atoms with Crippen molar-refractivity contribution >= 4 is 18.5 Å². The first-order valence-electron chi connectivity index (χ1n) is 5.56. The summed E-state index contributed by atoms with van der Waals surface area (Å²) in [6.45, 7) is 0.559. The quantitative estimate of drug-likeness (QED) is 0.783. The summed E-state index contributed by atoms with van der Waals surface area (Å²) < 4.78 is 0. The molecule has 0 atom stereocenters. The maximum Gasteiger partial charge on any atom is 0.271 e. The smallest absolute Gasteiger partial charge is 0.271 e. The van der Waals surface area contributed by atoms with Crippen LogP contribution in [-0.4, -0.2) is 24.0 Å². The number of carbonyl (C=O) groups excluding carboxylic acids is 1. The highest BCUT2D eigenvalue weighted by Crippen LogP contribution is 1.96. The molecule has 2 rings (SSSR count). The highest BCUT2D eigenvalue weighted by atomic mass is 16.1. The van der Waals surface area contributed by atoms with Crippen LogP contribution in [0.4, 0.5) is 4.79 Å². The highest BCUT2D eigenvalue weighted by molar-refractivity contribution is 6.83. The second-order valence-corrected chi connectivity index (χ2v) is 3.76. The van der Waals surface area contributed by atoms with E-state index in [1.165, 1.54) is 0 Å². The fourth-order valence-electron chi connectivity index (χ4n) is 1.54. The lowest BCUT2D eigenvalue weighted by atomic mass is 9.69. The molecule has 0 heterocycles. The molecule has 19 heavy (non-hydrogen) atoms. The van der Waals surface area contributed by atoms with Gasteiger partial charge in [-0.2, -0.15) is 0 Å². The van der Waals surface area contributed by atoms with E-state index in [0.29, 0.717) is 6.54 Å². The van der Waals surface area contributed by atoms with E-state index in [9.17, 15) is 4.79 Å². The second-order valence-electron chi connectivity index (χ2n) is 3.76.